The summed E-state index contributed by atoms with van der Waals surface area (Å²) in [5.41, 5.74) is 6.15. The second-order valence-corrected chi connectivity index (χ2v) is 11.5. The van der Waals surface area contributed by atoms with Crippen molar-refractivity contribution in [1.82, 2.24) is 9.97 Å². The van der Waals surface area contributed by atoms with Crippen molar-refractivity contribution in [3.05, 3.63) is 66.0 Å². The Hall–Kier alpha value is -2.68. The van der Waals surface area contributed by atoms with Crippen molar-refractivity contribution in [1.29, 1.82) is 0 Å². The first kappa shape index (κ1) is 29.3. The molecule has 3 heteroatoms. The predicted octanol–water partition coefficient (Wildman–Crippen LogP) is 10.5. The highest BCUT2D eigenvalue weighted by Crippen LogP contribution is 2.35. The average Bonchev–Trinajstić information content (AvgIpc) is 3.39. The molecule has 1 aliphatic rings. The van der Waals surface area contributed by atoms with E-state index in [0.717, 1.165) is 30.0 Å². The van der Waals surface area contributed by atoms with Crippen molar-refractivity contribution in [2.45, 2.75) is 129 Å². The van der Waals surface area contributed by atoms with Crippen LogP contribution in [0.2, 0.25) is 0 Å². The molecule has 1 aliphatic heterocycles. The lowest BCUT2D eigenvalue weighted by Crippen LogP contribution is -2.12. The van der Waals surface area contributed by atoms with Gasteiger partial charge in [0, 0.05) is 24.4 Å². The number of hydrogen-bond donors (Lipinski definition) is 0. The molecule has 0 fully saturated rings. The van der Waals surface area contributed by atoms with Crippen LogP contribution in [0.1, 0.15) is 121 Å². The van der Waals surface area contributed by atoms with Gasteiger partial charge < -0.3 is 4.74 Å². The summed E-state index contributed by atoms with van der Waals surface area (Å²) in [5, 5.41) is 0. The minimum atomic E-state index is 0.347. The van der Waals surface area contributed by atoms with E-state index in [2.05, 4.69) is 66.3 Å². The number of fused-ring (bicyclic) bond motifs is 1. The number of aromatic nitrogens is 2. The highest BCUT2D eigenvalue weighted by molar-refractivity contribution is 5.69. The zero-order valence-corrected chi connectivity index (χ0v) is 24.6. The Morgan fingerprint density at radius 3 is 1.87 bits per heavy atom. The molecule has 1 unspecified atom stereocenters. The fourth-order valence-corrected chi connectivity index (χ4v) is 5.72. The molecule has 0 N–H and O–H groups in total. The summed E-state index contributed by atoms with van der Waals surface area (Å²) < 4.78 is 6.25. The molecule has 3 nitrogen and oxygen atoms in total. The number of nitrogens with zero attached hydrogens (tertiary/aromatic N) is 2. The third-order valence-electron chi connectivity index (χ3n) is 8.18. The molecule has 1 atom stereocenters. The summed E-state index contributed by atoms with van der Waals surface area (Å²) in [5.74, 6) is 1.88. The Kier molecular flexibility index (Phi) is 12.3. The summed E-state index contributed by atoms with van der Waals surface area (Å²) in [4.78, 5) is 9.35. The van der Waals surface area contributed by atoms with Gasteiger partial charge in [-0.15, -0.1) is 0 Å². The molecule has 3 aromatic rings. The highest BCUT2D eigenvalue weighted by Gasteiger charge is 2.22. The largest absolute Gasteiger partial charge is 0.490 e. The summed E-state index contributed by atoms with van der Waals surface area (Å²) in [6, 6.07) is 15.4. The normalized spacial score (nSPS) is 14.4. The average molecular weight is 527 g/mol. The topological polar surface area (TPSA) is 35.0 Å². The molecule has 2 heterocycles. The number of rotatable bonds is 18. The zero-order valence-electron chi connectivity index (χ0n) is 24.6. The van der Waals surface area contributed by atoms with E-state index in [4.69, 9.17) is 4.74 Å². The minimum absolute atomic E-state index is 0.347. The lowest BCUT2D eigenvalue weighted by Gasteiger charge is -2.10. The van der Waals surface area contributed by atoms with Crippen LogP contribution in [0.25, 0.3) is 22.5 Å². The van der Waals surface area contributed by atoms with E-state index in [9.17, 15) is 0 Å². The molecule has 0 aliphatic carbocycles. The third-order valence-corrected chi connectivity index (χ3v) is 8.18. The van der Waals surface area contributed by atoms with Gasteiger partial charge in [-0.25, -0.2) is 9.97 Å². The summed E-state index contributed by atoms with van der Waals surface area (Å²) in [6.07, 6.45) is 26.5. The molecule has 0 saturated heterocycles. The van der Waals surface area contributed by atoms with Crippen LogP contribution < -0.4 is 4.74 Å². The lowest BCUT2D eigenvalue weighted by atomic mass is 9.98. The van der Waals surface area contributed by atoms with E-state index in [1.165, 1.54) is 119 Å². The fourth-order valence-electron chi connectivity index (χ4n) is 5.72. The van der Waals surface area contributed by atoms with Gasteiger partial charge in [-0.3, -0.25) is 0 Å². The fraction of sp³-hybridized carbons (Fsp3) is 0.556. The van der Waals surface area contributed by atoms with E-state index >= 15 is 0 Å². The second-order valence-electron chi connectivity index (χ2n) is 11.5. The van der Waals surface area contributed by atoms with Gasteiger partial charge in [-0.2, -0.15) is 0 Å². The van der Waals surface area contributed by atoms with E-state index in [-0.39, 0.29) is 0 Å². The van der Waals surface area contributed by atoms with Gasteiger partial charge >= 0.3 is 0 Å². The van der Waals surface area contributed by atoms with Crippen LogP contribution in [0.4, 0.5) is 0 Å². The molecular formula is C36H50N2O. The van der Waals surface area contributed by atoms with Crippen LogP contribution in [0, 0.1) is 0 Å². The Balaban J connectivity index is 1.22. The van der Waals surface area contributed by atoms with E-state index < -0.39 is 0 Å². The zero-order chi connectivity index (χ0) is 27.1. The maximum atomic E-state index is 6.25. The molecule has 0 radical (unpaired) electrons. The summed E-state index contributed by atoms with van der Waals surface area (Å²) in [7, 11) is 0. The van der Waals surface area contributed by atoms with Crippen LogP contribution >= 0.6 is 0 Å². The van der Waals surface area contributed by atoms with Gasteiger partial charge in [-0.1, -0.05) is 121 Å². The second kappa shape index (κ2) is 16.4. The number of hydrogen-bond acceptors (Lipinski definition) is 3. The van der Waals surface area contributed by atoms with E-state index in [1.807, 2.05) is 12.4 Å². The van der Waals surface area contributed by atoms with Crippen LogP contribution in [-0.4, -0.2) is 16.1 Å². The first-order valence-electron chi connectivity index (χ1n) is 16.0. The Morgan fingerprint density at radius 1 is 0.641 bits per heavy atom. The third kappa shape index (κ3) is 9.48. The van der Waals surface area contributed by atoms with Crippen molar-refractivity contribution < 1.29 is 4.74 Å². The molecule has 2 aromatic carbocycles. The Labute approximate surface area is 237 Å². The Morgan fingerprint density at radius 2 is 1.21 bits per heavy atom. The van der Waals surface area contributed by atoms with E-state index in [0.29, 0.717) is 6.10 Å². The molecule has 210 valence electrons. The number of ether oxygens (including phenoxy) is 1. The van der Waals surface area contributed by atoms with Crippen LogP contribution in [0.5, 0.6) is 5.75 Å². The molecule has 4 rings (SSSR count). The van der Waals surface area contributed by atoms with Crippen molar-refractivity contribution in [2.75, 3.05) is 0 Å². The van der Waals surface area contributed by atoms with Crippen molar-refractivity contribution in [3.8, 4) is 28.3 Å². The number of benzene rings is 2. The van der Waals surface area contributed by atoms with Gasteiger partial charge in [0.2, 0.25) is 0 Å². The highest BCUT2D eigenvalue weighted by atomic mass is 16.5. The van der Waals surface area contributed by atoms with Crippen LogP contribution in [0.15, 0.2) is 54.9 Å². The van der Waals surface area contributed by atoms with Gasteiger partial charge in [0.05, 0.1) is 0 Å². The molecule has 1 aromatic heterocycles. The van der Waals surface area contributed by atoms with Gasteiger partial charge in [0.25, 0.3) is 0 Å². The van der Waals surface area contributed by atoms with Crippen LogP contribution in [0.3, 0.4) is 0 Å². The van der Waals surface area contributed by atoms with Gasteiger partial charge in [-0.05, 0) is 60.1 Å². The van der Waals surface area contributed by atoms with E-state index in [1.54, 1.807) is 0 Å². The first-order chi connectivity index (χ1) is 19.3. The molecular weight excluding hydrogens is 476 g/mol. The number of aryl methyl sites for hydroxylation is 1. The van der Waals surface area contributed by atoms with Crippen LogP contribution in [-0.2, 0) is 12.8 Å². The maximum Gasteiger partial charge on any atom is 0.159 e. The van der Waals surface area contributed by atoms with Crippen molar-refractivity contribution in [3.63, 3.8) is 0 Å². The molecule has 0 saturated carbocycles. The number of unbranched alkanes of at least 4 members (excludes halogenated alkanes) is 12. The predicted molar refractivity (Wildman–Crippen MR) is 165 cm³/mol. The smallest absolute Gasteiger partial charge is 0.159 e. The SMILES string of the molecule is CCCCCCCCCCc1cnc(-c2ccc(-c3ccc4c(c3)CC(CCCCCCCC)O4)cc2)nc1. The first-order valence-corrected chi connectivity index (χ1v) is 16.0. The van der Waals surface area contributed by atoms with Gasteiger partial charge in [0.15, 0.2) is 5.82 Å². The van der Waals surface area contributed by atoms with Gasteiger partial charge in [0.1, 0.15) is 11.9 Å². The molecule has 0 spiro atoms. The lowest BCUT2D eigenvalue weighted by molar-refractivity contribution is 0.216. The summed E-state index contributed by atoms with van der Waals surface area (Å²) in [6.45, 7) is 4.55. The van der Waals surface area contributed by atoms with Crippen molar-refractivity contribution in [2.24, 2.45) is 0 Å². The minimum Gasteiger partial charge on any atom is -0.490 e. The summed E-state index contributed by atoms with van der Waals surface area (Å²) >= 11 is 0. The monoisotopic (exact) mass is 526 g/mol. The molecule has 39 heavy (non-hydrogen) atoms. The Bertz CT molecular complexity index is 1090. The molecule has 0 bridgehead atoms. The molecule has 0 amide bonds. The van der Waals surface area contributed by atoms with Crippen molar-refractivity contribution >= 4 is 0 Å². The quantitative estimate of drug-likeness (QED) is 0.155. The standard InChI is InChI=1S/C36H50N2O/c1-3-5-7-9-11-12-13-15-17-29-27-37-36(38-28-29)31-21-19-30(20-22-31)32-23-24-35-33(25-32)26-34(39-35)18-16-14-10-8-6-4-2/h19-25,27-28,34H,3-18,26H2,1-2H3. The maximum absolute atomic E-state index is 6.25.